The van der Waals surface area contributed by atoms with Gasteiger partial charge in [-0.15, -0.1) is 0 Å². The molecule has 0 saturated heterocycles. The Kier molecular flexibility index (Phi) is 4.62. The molecule has 0 spiro atoms. The van der Waals surface area contributed by atoms with Crippen LogP contribution in [0.15, 0.2) is 12.1 Å². The molecular formula is C13H21NO2. The summed E-state index contributed by atoms with van der Waals surface area (Å²) >= 11 is 0. The lowest BCUT2D eigenvalue weighted by Crippen LogP contribution is -2.05. The lowest BCUT2D eigenvalue weighted by molar-refractivity contribution is 0.352. The molecule has 90 valence electrons. The quantitative estimate of drug-likeness (QED) is 0.834. The predicted molar refractivity (Wildman–Crippen MR) is 66.4 cm³/mol. The molecule has 0 aliphatic carbocycles. The summed E-state index contributed by atoms with van der Waals surface area (Å²) in [4.78, 5) is 0. The second-order valence-corrected chi connectivity index (χ2v) is 4.05. The van der Waals surface area contributed by atoms with Crippen molar-refractivity contribution in [3.63, 3.8) is 0 Å². The van der Waals surface area contributed by atoms with Crippen LogP contribution in [0.1, 0.15) is 30.4 Å². The maximum absolute atomic E-state index is 5.58. The van der Waals surface area contributed by atoms with E-state index in [1.54, 1.807) is 14.2 Å². The molecule has 0 heterocycles. The van der Waals surface area contributed by atoms with Gasteiger partial charge < -0.3 is 15.2 Å². The smallest absolute Gasteiger partial charge is 0.163 e. The zero-order valence-electron chi connectivity index (χ0n) is 10.5. The number of ether oxygens (including phenoxy) is 2. The highest BCUT2D eigenvalue weighted by molar-refractivity contribution is 5.49. The number of hydrogen-bond acceptors (Lipinski definition) is 3. The van der Waals surface area contributed by atoms with E-state index in [0.29, 0.717) is 12.5 Å². The van der Waals surface area contributed by atoms with Crippen molar-refractivity contribution in [2.75, 3.05) is 20.8 Å². The number of methoxy groups -OCH3 is 2. The van der Waals surface area contributed by atoms with E-state index in [-0.39, 0.29) is 0 Å². The molecule has 16 heavy (non-hydrogen) atoms. The second kappa shape index (κ2) is 5.75. The van der Waals surface area contributed by atoms with E-state index in [9.17, 15) is 0 Å². The molecule has 1 rings (SSSR count). The first-order chi connectivity index (χ1) is 7.63. The molecule has 0 amide bonds. The van der Waals surface area contributed by atoms with Gasteiger partial charge in [0.15, 0.2) is 11.5 Å². The molecule has 0 aliphatic heterocycles. The number of rotatable bonds is 5. The number of benzene rings is 1. The monoisotopic (exact) mass is 223 g/mol. The summed E-state index contributed by atoms with van der Waals surface area (Å²) in [6.45, 7) is 4.90. The Morgan fingerprint density at radius 1 is 1.25 bits per heavy atom. The molecule has 0 saturated carbocycles. The van der Waals surface area contributed by atoms with Crippen LogP contribution in [-0.4, -0.2) is 20.8 Å². The third-order valence-corrected chi connectivity index (χ3v) is 2.86. The van der Waals surface area contributed by atoms with Gasteiger partial charge in [0.25, 0.3) is 0 Å². The van der Waals surface area contributed by atoms with Crippen molar-refractivity contribution in [2.45, 2.75) is 26.2 Å². The first kappa shape index (κ1) is 12.8. The normalized spacial score (nSPS) is 12.3. The van der Waals surface area contributed by atoms with Crippen molar-refractivity contribution in [1.29, 1.82) is 0 Å². The summed E-state index contributed by atoms with van der Waals surface area (Å²) in [7, 11) is 3.32. The molecule has 0 aromatic heterocycles. The Bertz CT molecular complexity index is 350. The van der Waals surface area contributed by atoms with Crippen LogP contribution in [-0.2, 0) is 0 Å². The summed E-state index contributed by atoms with van der Waals surface area (Å²) in [6.07, 6.45) is 0.981. The van der Waals surface area contributed by atoms with E-state index >= 15 is 0 Å². The van der Waals surface area contributed by atoms with Gasteiger partial charge in [0.05, 0.1) is 14.2 Å². The van der Waals surface area contributed by atoms with Crippen LogP contribution in [0, 0.1) is 6.92 Å². The van der Waals surface area contributed by atoms with Crippen LogP contribution in [0.25, 0.3) is 0 Å². The van der Waals surface area contributed by atoms with Crippen LogP contribution in [0.2, 0.25) is 0 Å². The summed E-state index contributed by atoms with van der Waals surface area (Å²) in [5.74, 6) is 2.05. The van der Waals surface area contributed by atoms with Crippen molar-refractivity contribution in [2.24, 2.45) is 5.73 Å². The minimum atomic E-state index is 0.448. The summed E-state index contributed by atoms with van der Waals surface area (Å²) in [5.41, 5.74) is 7.92. The number of aryl methyl sites for hydroxylation is 1. The van der Waals surface area contributed by atoms with Crippen LogP contribution < -0.4 is 15.2 Å². The third-order valence-electron chi connectivity index (χ3n) is 2.86. The molecule has 1 atom stereocenters. The zero-order chi connectivity index (χ0) is 12.1. The standard InChI is InChI=1S/C13H21NO2/c1-9(5-6-14)11-7-10(2)13(16-4)12(8-11)15-3/h7-9H,5-6,14H2,1-4H3. The van der Waals surface area contributed by atoms with Gasteiger partial charge in [0.2, 0.25) is 0 Å². The number of hydrogen-bond donors (Lipinski definition) is 1. The van der Waals surface area contributed by atoms with E-state index in [1.165, 1.54) is 5.56 Å². The SMILES string of the molecule is COc1cc(C(C)CCN)cc(C)c1OC. The molecule has 0 bridgehead atoms. The van der Waals surface area contributed by atoms with E-state index in [4.69, 9.17) is 15.2 Å². The highest BCUT2D eigenvalue weighted by atomic mass is 16.5. The highest BCUT2D eigenvalue weighted by Gasteiger charge is 2.12. The minimum Gasteiger partial charge on any atom is -0.493 e. The molecule has 2 N–H and O–H groups in total. The molecule has 1 unspecified atom stereocenters. The molecule has 3 nitrogen and oxygen atoms in total. The molecule has 0 radical (unpaired) electrons. The largest absolute Gasteiger partial charge is 0.493 e. The summed E-state index contributed by atoms with van der Waals surface area (Å²) in [6, 6.07) is 4.17. The van der Waals surface area contributed by atoms with Crippen LogP contribution in [0.3, 0.4) is 0 Å². The Morgan fingerprint density at radius 3 is 2.44 bits per heavy atom. The van der Waals surface area contributed by atoms with E-state index in [1.807, 2.05) is 13.0 Å². The van der Waals surface area contributed by atoms with Crippen molar-refractivity contribution < 1.29 is 9.47 Å². The maximum atomic E-state index is 5.58. The fourth-order valence-electron chi connectivity index (χ4n) is 1.88. The zero-order valence-corrected chi connectivity index (χ0v) is 10.5. The lowest BCUT2D eigenvalue weighted by Gasteiger charge is -2.16. The average molecular weight is 223 g/mol. The Labute approximate surface area is 97.6 Å². The predicted octanol–water partition coefficient (Wildman–Crippen LogP) is 2.46. The molecule has 1 aromatic carbocycles. The third kappa shape index (κ3) is 2.67. The molecular weight excluding hydrogens is 202 g/mol. The van der Waals surface area contributed by atoms with Gasteiger partial charge in [-0.2, -0.15) is 0 Å². The Hall–Kier alpha value is -1.22. The Balaban J connectivity index is 3.09. The molecule has 1 aromatic rings. The highest BCUT2D eigenvalue weighted by Crippen LogP contribution is 2.34. The van der Waals surface area contributed by atoms with Gasteiger partial charge in [-0.05, 0) is 43.0 Å². The summed E-state index contributed by atoms with van der Waals surface area (Å²) in [5, 5.41) is 0. The van der Waals surface area contributed by atoms with Crippen LogP contribution >= 0.6 is 0 Å². The van der Waals surface area contributed by atoms with Crippen molar-refractivity contribution in [3.8, 4) is 11.5 Å². The van der Waals surface area contributed by atoms with E-state index < -0.39 is 0 Å². The van der Waals surface area contributed by atoms with Crippen molar-refractivity contribution in [3.05, 3.63) is 23.3 Å². The van der Waals surface area contributed by atoms with Crippen LogP contribution in [0.4, 0.5) is 0 Å². The van der Waals surface area contributed by atoms with Gasteiger partial charge in [0, 0.05) is 0 Å². The van der Waals surface area contributed by atoms with Crippen LogP contribution in [0.5, 0.6) is 11.5 Å². The maximum Gasteiger partial charge on any atom is 0.163 e. The molecule has 0 fully saturated rings. The fraction of sp³-hybridized carbons (Fsp3) is 0.538. The van der Waals surface area contributed by atoms with Crippen molar-refractivity contribution in [1.82, 2.24) is 0 Å². The van der Waals surface area contributed by atoms with E-state index in [2.05, 4.69) is 13.0 Å². The van der Waals surface area contributed by atoms with Gasteiger partial charge in [-0.25, -0.2) is 0 Å². The minimum absolute atomic E-state index is 0.448. The molecule has 0 aliphatic rings. The first-order valence-electron chi connectivity index (χ1n) is 5.56. The molecule has 3 heteroatoms. The fourth-order valence-corrected chi connectivity index (χ4v) is 1.88. The topological polar surface area (TPSA) is 44.5 Å². The van der Waals surface area contributed by atoms with Gasteiger partial charge >= 0.3 is 0 Å². The Morgan fingerprint density at radius 2 is 1.94 bits per heavy atom. The van der Waals surface area contributed by atoms with Crippen molar-refractivity contribution >= 4 is 0 Å². The lowest BCUT2D eigenvalue weighted by atomic mass is 9.95. The van der Waals surface area contributed by atoms with Gasteiger partial charge in [-0.3, -0.25) is 0 Å². The number of nitrogens with two attached hydrogens (primary N) is 1. The average Bonchev–Trinajstić information content (AvgIpc) is 2.28. The van der Waals surface area contributed by atoms with Gasteiger partial charge in [-0.1, -0.05) is 13.0 Å². The van der Waals surface area contributed by atoms with E-state index in [0.717, 1.165) is 23.5 Å². The van der Waals surface area contributed by atoms with Gasteiger partial charge in [0.1, 0.15) is 0 Å². The first-order valence-corrected chi connectivity index (χ1v) is 5.56. The summed E-state index contributed by atoms with van der Waals surface area (Å²) < 4.78 is 10.6. The second-order valence-electron chi connectivity index (χ2n) is 4.05.